The Morgan fingerprint density at radius 1 is 1.15 bits per heavy atom. The van der Waals surface area contributed by atoms with Gasteiger partial charge in [0.2, 0.25) is 5.56 Å². The molecule has 0 saturated heterocycles. The fraction of sp³-hybridized carbons (Fsp3) is 0.353. The highest BCUT2D eigenvalue weighted by molar-refractivity contribution is 5.50. The van der Waals surface area contributed by atoms with Gasteiger partial charge >= 0.3 is 0 Å². The second-order valence-electron chi connectivity index (χ2n) is 5.72. The van der Waals surface area contributed by atoms with Gasteiger partial charge in [-0.25, -0.2) is 0 Å². The van der Waals surface area contributed by atoms with Gasteiger partial charge in [0, 0.05) is 17.4 Å². The van der Waals surface area contributed by atoms with Gasteiger partial charge < -0.3 is 10.3 Å². The molecule has 1 heterocycles. The molecule has 1 aliphatic carbocycles. The zero-order valence-electron chi connectivity index (χ0n) is 12.0. The van der Waals surface area contributed by atoms with Gasteiger partial charge in [0.1, 0.15) is 0 Å². The monoisotopic (exact) mass is 268 g/mol. The summed E-state index contributed by atoms with van der Waals surface area (Å²) in [5.74, 6) is 0. The molecule has 0 bridgehead atoms. The fourth-order valence-corrected chi connectivity index (χ4v) is 3.11. The lowest BCUT2D eigenvalue weighted by molar-refractivity contribution is 0.587. The van der Waals surface area contributed by atoms with Crippen LogP contribution in [0, 0.1) is 13.8 Å². The average molecular weight is 268 g/mol. The molecule has 2 aromatic rings. The number of rotatable bonds is 2. The summed E-state index contributed by atoms with van der Waals surface area (Å²) >= 11 is 0. The van der Waals surface area contributed by atoms with E-state index >= 15 is 0 Å². The van der Waals surface area contributed by atoms with Gasteiger partial charge in [-0.15, -0.1) is 0 Å². The van der Waals surface area contributed by atoms with E-state index in [1.165, 1.54) is 16.7 Å². The predicted molar refractivity (Wildman–Crippen MR) is 82.3 cm³/mol. The van der Waals surface area contributed by atoms with Crippen molar-refractivity contribution >= 4 is 5.69 Å². The highest BCUT2D eigenvalue weighted by Crippen LogP contribution is 2.31. The molecule has 3 rings (SSSR count). The van der Waals surface area contributed by atoms with E-state index in [9.17, 15) is 4.79 Å². The molecule has 3 nitrogen and oxygen atoms in total. The molecule has 1 aromatic heterocycles. The zero-order chi connectivity index (χ0) is 14.1. The van der Waals surface area contributed by atoms with Gasteiger partial charge in [-0.2, -0.15) is 0 Å². The van der Waals surface area contributed by atoms with Crippen LogP contribution < -0.4 is 10.9 Å². The van der Waals surface area contributed by atoms with E-state index in [4.69, 9.17) is 0 Å². The Labute approximate surface area is 119 Å². The lowest BCUT2D eigenvalue weighted by Crippen LogP contribution is -2.21. The van der Waals surface area contributed by atoms with Crippen molar-refractivity contribution in [2.45, 2.75) is 39.2 Å². The molecule has 1 aliphatic rings. The van der Waals surface area contributed by atoms with Crippen molar-refractivity contribution in [3.05, 3.63) is 63.1 Å². The molecule has 104 valence electrons. The number of anilines is 1. The summed E-state index contributed by atoms with van der Waals surface area (Å²) < 4.78 is 0. The molecule has 0 fully saturated rings. The number of H-pyrrole nitrogens is 1. The molecule has 0 amide bonds. The Kier molecular flexibility index (Phi) is 3.35. The Morgan fingerprint density at radius 2 is 1.90 bits per heavy atom. The average Bonchev–Trinajstić information content (AvgIpc) is 2.37. The van der Waals surface area contributed by atoms with Gasteiger partial charge in [0.05, 0.1) is 6.04 Å². The van der Waals surface area contributed by atoms with Crippen molar-refractivity contribution in [3.63, 3.8) is 0 Å². The lowest BCUT2D eigenvalue weighted by Gasteiger charge is -2.27. The number of fused-ring (bicyclic) bond motifs is 1. The second-order valence-corrected chi connectivity index (χ2v) is 5.72. The third kappa shape index (κ3) is 2.62. The molecular weight excluding hydrogens is 248 g/mol. The van der Waals surface area contributed by atoms with Gasteiger partial charge in [0.15, 0.2) is 0 Å². The number of benzene rings is 1. The van der Waals surface area contributed by atoms with Gasteiger partial charge in [0.25, 0.3) is 0 Å². The fourth-order valence-electron chi connectivity index (χ4n) is 3.11. The number of nitrogens with one attached hydrogen (secondary N) is 2. The minimum Gasteiger partial charge on any atom is -0.378 e. The Hall–Kier alpha value is -2.03. The van der Waals surface area contributed by atoms with Crippen LogP contribution in [0.15, 0.2) is 35.1 Å². The first-order chi connectivity index (χ1) is 9.61. The molecule has 3 heteroatoms. The Bertz CT molecular complexity index is 667. The first-order valence-corrected chi connectivity index (χ1v) is 7.19. The van der Waals surface area contributed by atoms with Crippen molar-refractivity contribution in [2.75, 3.05) is 5.32 Å². The Morgan fingerprint density at radius 3 is 2.65 bits per heavy atom. The normalized spacial score (nSPS) is 17.6. The summed E-state index contributed by atoms with van der Waals surface area (Å²) in [6.45, 7) is 4.23. The van der Waals surface area contributed by atoms with Crippen molar-refractivity contribution < 1.29 is 0 Å². The number of pyridine rings is 1. The number of hydrogen-bond acceptors (Lipinski definition) is 2. The highest BCUT2D eigenvalue weighted by atomic mass is 16.1. The van der Waals surface area contributed by atoms with E-state index in [2.05, 4.69) is 42.3 Å². The summed E-state index contributed by atoms with van der Waals surface area (Å²) in [5.41, 5.74) is 6.01. The molecule has 0 aliphatic heterocycles. The van der Waals surface area contributed by atoms with E-state index in [0.29, 0.717) is 0 Å². The molecule has 1 aromatic carbocycles. The van der Waals surface area contributed by atoms with Gasteiger partial charge in [-0.1, -0.05) is 6.07 Å². The first-order valence-electron chi connectivity index (χ1n) is 7.19. The molecule has 0 saturated carbocycles. The predicted octanol–water partition coefficient (Wildman–Crippen LogP) is 3.48. The van der Waals surface area contributed by atoms with Crippen LogP contribution in [0.4, 0.5) is 5.69 Å². The summed E-state index contributed by atoms with van der Waals surface area (Å²) in [7, 11) is 0. The van der Waals surface area contributed by atoms with Crippen LogP contribution in [-0.2, 0) is 6.42 Å². The summed E-state index contributed by atoms with van der Waals surface area (Å²) in [4.78, 5) is 14.4. The molecule has 2 N–H and O–H groups in total. The molecule has 0 radical (unpaired) electrons. The smallest absolute Gasteiger partial charge is 0.248 e. The topological polar surface area (TPSA) is 44.9 Å². The number of hydrogen-bond donors (Lipinski definition) is 2. The Balaban J connectivity index is 1.91. The molecule has 0 spiro atoms. The van der Waals surface area contributed by atoms with Crippen molar-refractivity contribution in [2.24, 2.45) is 0 Å². The molecule has 20 heavy (non-hydrogen) atoms. The largest absolute Gasteiger partial charge is 0.378 e. The zero-order valence-corrected chi connectivity index (χ0v) is 12.0. The quantitative estimate of drug-likeness (QED) is 0.875. The third-order valence-corrected chi connectivity index (χ3v) is 3.89. The van der Waals surface area contributed by atoms with Crippen LogP contribution in [0.3, 0.4) is 0 Å². The standard InChI is InChI=1S/C17H20N2O/c1-11-8-12(2)10-13(9-11)18-15-4-3-5-16-14(15)6-7-17(20)19-16/h6-10,15,18H,3-5H2,1-2H3,(H,19,20). The van der Waals surface area contributed by atoms with E-state index in [1.54, 1.807) is 6.07 Å². The maximum atomic E-state index is 11.4. The second kappa shape index (κ2) is 5.16. The van der Waals surface area contributed by atoms with Crippen molar-refractivity contribution in [1.29, 1.82) is 0 Å². The van der Waals surface area contributed by atoms with Crippen molar-refractivity contribution in [1.82, 2.24) is 4.98 Å². The van der Waals surface area contributed by atoms with Crippen LogP contribution in [0.1, 0.15) is 41.3 Å². The van der Waals surface area contributed by atoms with Crippen LogP contribution >= 0.6 is 0 Å². The van der Waals surface area contributed by atoms with Crippen LogP contribution in [0.2, 0.25) is 0 Å². The SMILES string of the molecule is Cc1cc(C)cc(NC2CCCc3[nH]c(=O)ccc32)c1. The van der Waals surface area contributed by atoms with Gasteiger partial charge in [-0.05, 0) is 68.0 Å². The number of aryl methyl sites for hydroxylation is 3. The highest BCUT2D eigenvalue weighted by Gasteiger charge is 2.20. The minimum atomic E-state index is -0.00389. The minimum absolute atomic E-state index is 0.00389. The number of aromatic amines is 1. The number of aromatic nitrogens is 1. The lowest BCUT2D eigenvalue weighted by atomic mass is 9.91. The summed E-state index contributed by atoms with van der Waals surface area (Å²) in [6, 6.07) is 10.4. The van der Waals surface area contributed by atoms with Crippen LogP contribution in [-0.4, -0.2) is 4.98 Å². The molecule has 1 unspecified atom stereocenters. The van der Waals surface area contributed by atoms with E-state index < -0.39 is 0 Å². The molecule has 1 atom stereocenters. The van der Waals surface area contributed by atoms with Crippen LogP contribution in [0.25, 0.3) is 0 Å². The third-order valence-electron chi connectivity index (χ3n) is 3.89. The van der Waals surface area contributed by atoms with Crippen LogP contribution in [0.5, 0.6) is 0 Å². The maximum absolute atomic E-state index is 11.4. The summed E-state index contributed by atoms with van der Waals surface area (Å²) in [5, 5.41) is 3.62. The maximum Gasteiger partial charge on any atom is 0.248 e. The van der Waals surface area contributed by atoms with E-state index in [0.717, 1.165) is 30.6 Å². The van der Waals surface area contributed by atoms with E-state index in [-0.39, 0.29) is 11.6 Å². The van der Waals surface area contributed by atoms with Gasteiger partial charge in [-0.3, -0.25) is 4.79 Å². The van der Waals surface area contributed by atoms with E-state index in [1.807, 2.05) is 6.07 Å². The van der Waals surface area contributed by atoms with Crippen molar-refractivity contribution in [3.8, 4) is 0 Å². The first kappa shape index (κ1) is 13.0. The summed E-state index contributed by atoms with van der Waals surface area (Å²) in [6.07, 6.45) is 3.18. The molecular formula is C17H20N2O.